The number of allylic oxidation sites excluding steroid dienone is 1. The summed E-state index contributed by atoms with van der Waals surface area (Å²) in [6.07, 6.45) is 2.13. The number of carbonyl (C=O) groups excluding carboxylic acids is 2. The molecule has 0 bridgehead atoms. The molecule has 1 unspecified atom stereocenters. The molecular weight excluding hydrogens is 366 g/mol. The van der Waals surface area contributed by atoms with Gasteiger partial charge in [-0.15, -0.1) is 0 Å². The van der Waals surface area contributed by atoms with E-state index in [4.69, 9.17) is 4.74 Å². The summed E-state index contributed by atoms with van der Waals surface area (Å²) in [5.41, 5.74) is 2.59. The average Bonchev–Trinajstić information content (AvgIpc) is 2.60. The first kappa shape index (κ1) is 22.9. The van der Waals surface area contributed by atoms with Crippen LogP contribution < -0.4 is 19.9 Å². The van der Waals surface area contributed by atoms with E-state index in [1.54, 1.807) is 0 Å². The molecule has 1 heterocycles. The van der Waals surface area contributed by atoms with Crippen LogP contribution in [0.4, 0.5) is 5.69 Å². The van der Waals surface area contributed by atoms with Gasteiger partial charge in [-0.3, -0.25) is 14.5 Å². The third-order valence-electron chi connectivity index (χ3n) is 5.10. The number of nitrogens with one attached hydrogen (secondary N) is 2. The fraction of sp³-hybridized carbons (Fsp3) is 0.565. The molecule has 2 N–H and O–H groups in total. The highest BCUT2D eigenvalue weighted by molar-refractivity contribution is 6.01. The molecule has 1 aromatic rings. The summed E-state index contributed by atoms with van der Waals surface area (Å²) in [6.45, 7) is 15.9. The Morgan fingerprint density at radius 1 is 1.21 bits per heavy atom. The summed E-state index contributed by atoms with van der Waals surface area (Å²) in [4.78, 5) is 28.4. The molecule has 6 heteroatoms. The topological polar surface area (TPSA) is 63.1 Å². The molecule has 160 valence electrons. The second-order valence-corrected chi connectivity index (χ2v) is 8.50. The Balaban J connectivity index is 2.27. The number of fused-ring (bicyclic) bond motifs is 1. The number of benzene rings is 1. The van der Waals surface area contributed by atoms with Crippen LogP contribution >= 0.6 is 0 Å². The highest BCUT2D eigenvalue weighted by atomic mass is 16.5. The van der Waals surface area contributed by atoms with Gasteiger partial charge in [-0.1, -0.05) is 6.08 Å². The third kappa shape index (κ3) is 5.60. The van der Waals surface area contributed by atoms with E-state index in [-0.39, 0.29) is 24.4 Å². The zero-order valence-electron chi connectivity index (χ0n) is 18.9. The standard InChI is InChI=1S/C23H35N3O3/c1-8-25(14-21(27)24-16(3)4)15-22(28)26-20-11-10-18(29-9-2)12-19(20)17(5)13-23(26,6)7/h10-13,16H,8-9,14-15H2,1-7H3,(H,24,27)/p+1. The van der Waals surface area contributed by atoms with Crippen LogP contribution in [0, 0.1) is 0 Å². The normalized spacial score (nSPS) is 16.1. The highest BCUT2D eigenvalue weighted by Gasteiger charge is 2.37. The maximum Gasteiger partial charge on any atom is 0.282 e. The van der Waals surface area contributed by atoms with Crippen LogP contribution in [0.15, 0.2) is 24.3 Å². The Hall–Kier alpha value is -2.34. The number of rotatable bonds is 8. The van der Waals surface area contributed by atoms with Crippen molar-refractivity contribution in [2.75, 3.05) is 31.1 Å². The maximum absolute atomic E-state index is 13.4. The van der Waals surface area contributed by atoms with Gasteiger partial charge < -0.3 is 15.0 Å². The van der Waals surface area contributed by atoms with Gasteiger partial charge in [0, 0.05) is 11.6 Å². The molecule has 0 spiro atoms. The SMILES string of the molecule is CCOc1ccc2c(c1)C(C)=CC(C)(C)N2C(=O)C[NH+](CC)CC(=O)NC(C)C. The van der Waals surface area contributed by atoms with E-state index in [2.05, 4.69) is 18.3 Å². The molecule has 1 aliphatic heterocycles. The number of likely N-dealkylation sites (N-methyl/N-ethyl adjacent to an activating group) is 1. The third-order valence-corrected chi connectivity index (χ3v) is 5.10. The van der Waals surface area contributed by atoms with Crippen molar-refractivity contribution in [1.82, 2.24) is 5.32 Å². The first-order valence-electron chi connectivity index (χ1n) is 10.5. The molecule has 29 heavy (non-hydrogen) atoms. The average molecular weight is 403 g/mol. The molecule has 1 aliphatic rings. The molecule has 0 fully saturated rings. The van der Waals surface area contributed by atoms with Crippen molar-refractivity contribution in [2.24, 2.45) is 0 Å². The Bertz CT molecular complexity index is 784. The van der Waals surface area contributed by atoms with Gasteiger partial charge in [0.2, 0.25) is 0 Å². The zero-order chi connectivity index (χ0) is 21.8. The quantitative estimate of drug-likeness (QED) is 0.700. The lowest BCUT2D eigenvalue weighted by Crippen LogP contribution is -3.14. The van der Waals surface area contributed by atoms with Gasteiger partial charge in [0.25, 0.3) is 11.8 Å². The Morgan fingerprint density at radius 2 is 1.90 bits per heavy atom. The van der Waals surface area contributed by atoms with E-state index >= 15 is 0 Å². The lowest BCUT2D eigenvalue weighted by molar-refractivity contribution is -0.881. The number of hydrogen-bond acceptors (Lipinski definition) is 3. The summed E-state index contributed by atoms with van der Waals surface area (Å²) in [5.74, 6) is 0.788. The molecule has 2 amide bonds. The summed E-state index contributed by atoms with van der Waals surface area (Å²) in [7, 11) is 0. The van der Waals surface area contributed by atoms with Gasteiger partial charge >= 0.3 is 0 Å². The second-order valence-electron chi connectivity index (χ2n) is 8.50. The van der Waals surface area contributed by atoms with Crippen LogP contribution in [0.1, 0.15) is 54.0 Å². The van der Waals surface area contributed by atoms with Crippen molar-refractivity contribution in [3.05, 3.63) is 29.8 Å². The van der Waals surface area contributed by atoms with Crippen LogP contribution in [0.3, 0.4) is 0 Å². The summed E-state index contributed by atoms with van der Waals surface area (Å²) in [6, 6.07) is 5.98. The molecule has 1 atom stereocenters. The number of ether oxygens (including phenoxy) is 1. The predicted molar refractivity (Wildman–Crippen MR) is 117 cm³/mol. The van der Waals surface area contributed by atoms with Crippen molar-refractivity contribution in [1.29, 1.82) is 0 Å². The number of hydrogen-bond donors (Lipinski definition) is 2. The number of nitrogens with zero attached hydrogens (tertiary/aromatic N) is 1. The first-order valence-corrected chi connectivity index (χ1v) is 10.5. The van der Waals surface area contributed by atoms with Crippen LogP contribution in [-0.4, -0.2) is 49.6 Å². The van der Waals surface area contributed by atoms with Crippen LogP contribution in [0.25, 0.3) is 5.57 Å². The molecule has 0 aliphatic carbocycles. The van der Waals surface area contributed by atoms with Crippen molar-refractivity contribution < 1.29 is 19.2 Å². The molecular formula is C23H36N3O3+. The molecule has 1 aromatic carbocycles. The molecule has 0 saturated heterocycles. The van der Waals surface area contributed by atoms with E-state index in [9.17, 15) is 9.59 Å². The van der Waals surface area contributed by atoms with Gasteiger partial charge in [0.15, 0.2) is 13.1 Å². The lowest BCUT2D eigenvalue weighted by atomic mass is 9.88. The summed E-state index contributed by atoms with van der Waals surface area (Å²) in [5, 5.41) is 2.91. The molecule has 0 radical (unpaired) electrons. The van der Waals surface area contributed by atoms with Gasteiger partial charge in [0.1, 0.15) is 5.75 Å². The van der Waals surface area contributed by atoms with Crippen LogP contribution in [0.5, 0.6) is 5.75 Å². The van der Waals surface area contributed by atoms with Gasteiger partial charge in [-0.25, -0.2) is 0 Å². The van der Waals surface area contributed by atoms with E-state index < -0.39 is 5.54 Å². The molecule has 6 nitrogen and oxygen atoms in total. The van der Waals surface area contributed by atoms with E-state index in [1.165, 1.54) is 0 Å². The number of anilines is 1. The zero-order valence-corrected chi connectivity index (χ0v) is 18.9. The molecule has 0 saturated carbocycles. The highest BCUT2D eigenvalue weighted by Crippen LogP contribution is 2.40. The molecule has 2 rings (SSSR count). The van der Waals surface area contributed by atoms with E-state index in [0.29, 0.717) is 19.7 Å². The number of carbonyl (C=O) groups is 2. The maximum atomic E-state index is 13.4. The number of amides is 2. The Labute approximate surface area is 174 Å². The predicted octanol–water partition coefficient (Wildman–Crippen LogP) is 2.04. The largest absolute Gasteiger partial charge is 0.494 e. The summed E-state index contributed by atoms with van der Waals surface area (Å²) < 4.78 is 5.65. The van der Waals surface area contributed by atoms with Gasteiger partial charge in [-0.2, -0.15) is 0 Å². The van der Waals surface area contributed by atoms with Crippen molar-refractivity contribution in [2.45, 2.75) is 60.0 Å². The fourth-order valence-electron chi connectivity index (χ4n) is 3.93. The van der Waals surface area contributed by atoms with E-state index in [0.717, 1.165) is 27.5 Å². The smallest absolute Gasteiger partial charge is 0.282 e. The minimum atomic E-state index is -0.444. The van der Waals surface area contributed by atoms with Crippen molar-refractivity contribution >= 4 is 23.1 Å². The second kappa shape index (κ2) is 9.44. The monoisotopic (exact) mass is 402 g/mol. The van der Waals surface area contributed by atoms with E-state index in [1.807, 2.05) is 64.6 Å². The number of quaternary nitrogens is 1. The first-order chi connectivity index (χ1) is 13.6. The Kier molecular flexibility index (Phi) is 7.47. The molecule has 0 aromatic heterocycles. The van der Waals surface area contributed by atoms with Crippen LogP contribution in [-0.2, 0) is 9.59 Å². The van der Waals surface area contributed by atoms with Gasteiger partial charge in [-0.05, 0) is 72.2 Å². The fourth-order valence-corrected chi connectivity index (χ4v) is 3.93. The van der Waals surface area contributed by atoms with Crippen molar-refractivity contribution in [3.63, 3.8) is 0 Å². The summed E-state index contributed by atoms with van der Waals surface area (Å²) >= 11 is 0. The minimum Gasteiger partial charge on any atom is -0.494 e. The minimum absolute atomic E-state index is 0.0124. The van der Waals surface area contributed by atoms with Crippen LogP contribution in [0.2, 0.25) is 0 Å². The van der Waals surface area contributed by atoms with Gasteiger partial charge in [0.05, 0.1) is 24.4 Å². The lowest BCUT2D eigenvalue weighted by Gasteiger charge is -2.41. The Morgan fingerprint density at radius 3 is 2.48 bits per heavy atom. The van der Waals surface area contributed by atoms with Crippen molar-refractivity contribution in [3.8, 4) is 5.75 Å².